The number of thiazole rings is 1. The summed E-state index contributed by atoms with van der Waals surface area (Å²) in [6, 6.07) is 6.61. The summed E-state index contributed by atoms with van der Waals surface area (Å²) in [7, 11) is 0. The molecule has 3 heterocycles. The third-order valence-corrected chi connectivity index (χ3v) is 6.62. The number of amides is 3. The van der Waals surface area contributed by atoms with Gasteiger partial charge in [0, 0.05) is 11.4 Å². The van der Waals surface area contributed by atoms with Crippen molar-refractivity contribution < 1.29 is 14.4 Å². The molecule has 0 unspecified atom stereocenters. The Morgan fingerprint density at radius 3 is 2.41 bits per heavy atom. The molecule has 0 atom stereocenters. The molecule has 1 aromatic carbocycles. The first-order valence-electron chi connectivity index (χ1n) is 9.86. The van der Waals surface area contributed by atoms with Crippen LogP contribution in [-0.4, -0.2) is 52.1 Å². The summed E-state index contributed by atoms with van der Waals surface area (Å²) in [6.07, 6.45) is 2.42. The molecular weight excluding hydrogens is 388 g/mol. The molecule has 1 N–H and O–H groups in total. The fourth-order valence-corrected chi connectivity index (χ4v) is 4.76. The van der Waals surface area contributed by atoms with Gasteiger partial charge in [-0.3, -0.25) is 24.2 Å². The van der Waals surface area contributed by atoms with Gasteiger partial charge in [-0.05, 0) is 50.9 Å². The normalized spacial score (nSPS) is 17.7. The van der Waals surface area contributed by atoms with Gasteiger partial charge in [0.05, 0.1) is 16.8 Å². The number of imide groups is 1. The third-order valence-electron chi connectivity index (χ3n) is 5.56. The van der Waals surface area contributed by atoms with Gasteiger partial charge in [-0.15, -0.1) is 11.3 Å². The van der Waals surface area contributed by atoms with E-state index in [-0.39, 0.29) is 6.54 Å². The zero-order valence-corrected chi connectivity index (χ0v) is 17.4. The van der Waals surface area contributed by atoms with Crippen LogP contribution in [0.2, 0.25) is 0 Å². The number of benzene rings is 1. The van der Waals surface area contributed by atoms with Crippen LogP contribution in [0.15, 0.2) is 24.3 Å². The molecule has 2 aliphatic rings. The summed E-state index contributed by atoms with van der Waals surface area (Å²) < 4.78 is 0. The Hall–Kier alpha value is -2.58. The lowest BCUT2D eigenvalue weighted by molar-refractivity contribution is -0.116. The van der Waals surface area contributed by atoms with Crippen molar-refractivity contribution in [1.29, 1.82) is 0 Å². The van der Waals surface area contributed by atoms with E-state index >= 15 is 0 Å². The number of aromatic nitrogens is 1. The first kappa shape index (κ1) is 19.7. The van der Waals surface area contributed by atoms with Crippen molar-refractivity contribution in [2.75, 3.05) is 25.0 Å². The van der Waals surface area contributed by atoms with E-state index in [1.54, 1.807) is 24.3 Å². The summed E-state index contributed by atoms with van der Waals surface area (Å²) in [4.78, 5) is 46.3. The second-order valence-electron chi connectivity index (χ2n) is 7.78. The van der Waals surface area contributed by atoms with Crippen molar-refractivity contribution >= 4 is 34.2 Å². The highest BCUT2D eigenvalue weighted by atomic mass is 32.1. The van der Waals surface area contributed by atoms with E-state index in [2.05, 4.69) is 22.1 Å². The summed E-state index contributed by atoms with van der Waals surface area (Å²) in [5.41, 5.74) is 1.59. The van der Waals surface area contributed by atoms with Crippen molar-refractivity contribution in [1.82, 2.24) is 14.8 Å². The lowest BCUT2D eigenvalue weighted by Crippen LogP contribution is -2.37. The maximum Gasteiger partial charge on any atom is 0.262 e. The van der Waals surface area contributed by atoms with E-state index in [0.29, 0.717) is 16.3 Å². The smallest absolute Gasteiger partial charge is 0.262 e. The lowest BCUT2D eigenvalue weighted by atomic mass is 9.99. The number of fused-ring (bicyclic) bond motifs is 1. The molecule has 8 heteroatoms. The van der Waals surface area contributed by atoms with Crippen molar-refractivity contribution in [3.05, 3.63) is 46.0 Å². The zero-order valence-electron chi connectivity index (χ0n) is 16.6. The molecule has 152 valence electrons. The Morgan fingerprint density at radius 2 is 1.79 bits per heavy atom. The largest absolute Gasteiger partial charge is 0.300 e. The van der Waals surface area contributed by atoms with Crippen LogP contribution < -0.4 is 5.32 Å². The van der Waals surface area contributed by atoms with Crippen molar-refractivity contribution in [3.8, 4) is 0 Å². The van der Waals surface area contributed by atoms with Crippen LogP contribution in [0.25, 0.3) is 0 Å². The van der Waals surface area contributed by atoms with E-state index in [1.807, 2.05) is 6.92 Å². The molecule has 0 bridgehead atoms. The number of hydrogen-bond acceptors (Lipinski definition) is 6. The average molecular weight is 413 g/mol. The zero-order chi connectivity index (χ0) is 20.5. The number of piperidine rings is 1. The van der Waals surface area contributed by atoms with Crippen LogP contribution in [0.1, 0.15) is 51.1 Å². The van der Waals surface area contributed by atoms with Crippen LogP contribution in [0.4, 0.5) is 5.13 Å². The minimum atomic E-state index is -0.434. The summed E-state index contributed by atoms with van der Waals surface area (Å²) in [5, 5.41) is 3.25. The highest BCUT2D eigenvalue weighted by Crippen LogP contribution is 2.27. The lowest BCUT2D eigenvalue weighted by Gasteiger charge is -2.29. The van der Waals surface area contributed by atoms with Gasteiger partial charge in [0.25, 0.3) is 11.8 Å². The molecule has 2 aromatic rings. The first-order chi connectivity index (χ1) is 13.9. The number of anilines is 1. The molecule has 29 heavy (non-hydrogen) atoms. The summed E-state index contributed by atoms with van der Waals surface area (Å²) in [5.74, 6) is -0.510. The van der Waals surface area contributed by atoms with Crippen LogP contribution in [-0.2, 0) is 11.3 Å². The minimum Gasteiger partial charge on any atom is -0.300 e. The molecule has 0 saturated carbocycles. The minimum absolute atomic E-state index is 0.315. The topological polar surface area (TPSA) is 82.6 Å². The maximum absolute atomic E-state index is 12.5. The van der Waals surface area contributed by atoms with Gasteiger partial charge >= 0.3 is 0 Å². The van der Waals surface area contributed by atoms with Crippen molar-refractivity contribution in [2.24, 2.45) is 5.92 Å². The average Bonchev–Trinajstić information content (AvgIpc) is 3.16. The number of nitrogens with zero attached hydrogens (tertiary/aromatic N) is 3. The standard InChI is InChI=1S/C21H24N4O3S/c1-13-7-9-24(10-8-13)11-17-14(2)22-21(29-17)23-18(26)12-25-19(27)15-5-3-4-6-16(15)20(25)28/h3-6,13H,7-12H2,1-2H3,(H,22,23,26). The Bertz CT molecular complexity index is 928. The third kappa shape index (κ3) is 4.09. The number of nitrogens with one attached hydrogen (secondary N) is 1. The fraction of sp³-hybridized carbons (Fsp3) is 0.429. The molecule has 7 nitrogen and oxygen atoms in total. The van der Waals surface area contributed by atoms with E-state index in [4.69, 9.17) is 0 Å². The van der Waals surface area contributed by atoms with Crippen molar-refractivity contribution in [3.63, 3.8) is 0 Å². The molecule has 1 aromatic heterocycles. The Kier molecular flexibility index (Phi) is 5.47. The maximum atomic E-state index is 12.5. The van der Waals surface area contributed by atoms with Crippen LogP contribution >= 0.6 is 11.3 Å². The van der Waals surface area contributed by atoms with Gasteiger partial charge in [-0.1, -0.05) is 19.1 Å². The SMILES string of the molecule is Cc1nc(NC(=O)CN2C(=O)c3ccccc3C2=O)sc1CN1CCC(C)CC1. The van der Waals surface area contributed by atoms with E-state index in [0.717, 1.165) is 41.0 Å². The molecule has 2 aliphatic heterocycles. The number of aryl methyl sites for hydroxylation is 1. The summed E-state index contributed by atoms with van der Waals surface area (Å²) >= 11 is 1.46. The van der Waals surface area contributed by atoms with Gasteiger partial charge in [-0.25, -0.2) is 4.98 Å². The van der Waals surface area contributed by atoms with Gasteiger partial charge in [0.15, 0.2) is 5.13 Å². The predicted octanol–water partition coefficient (Wildman–Crippen LogP) is 2.92. The molecule has 4 rings (SSSR count). The number of hydrogen-bond donors (Lipinski definition) is 1. The van der Waals surface area contributed by atoms with Gasteiger partial charge in [0.2, 0.25) is 5.91 Å². The highest BCUT2D eigenvalue weighted by molar-refractivity contribution is 7.15. The van der Waals surface area contributed by atoms with Gasteiger partial charge < -0.3 is 5.32 Å². The van der Waals surface area contributed by atoms with Crippen molar-refractivity contribution in [2.45, 2.75) is 33.2 Å². The number of likely N-dealkylation sites (tertiary alicyclic amines) is 1. The van der Waals surface area contributed by atoms with Crippen LogP contribution in [0.3, 0.4) is 0 Å². The number of carbonyl (C=O) groups excluding carboxylic acids is 3. The van der Waals surface area contributed by atoms with E-state index in [1.165, 1.54) is 24.2 Å². The molecule has 0 radical (unpaired) electrons. The highest BCUT2D eigenvalue weighted by Gasteiger charge is 2.36. The first-order valence-corrected chi connectivity index (χ1v) is 10.7. The van der Waals surface area contributed by atoms with Crippen LogP contribution in [0, 0.1) is 12.8 Å². The van der Waals surface area contributed by atoms with Crippen LogP contribution in [0.5, 0.6) is 0 Å². The summed E-state index contributed by atoms with van der Waals surface area (Å²) in [6.45, 7) is 6.92. The Labute approximate surface area is 173 Å². The Balaban J connectivity index is 1.37. The predicted molar refractivity (Wildman–Crippen MR) is 111 cm³/mol. The number of carbonyl (C=O) groups is 3. The molecule has 1 saturated heterocycles. The molecule has 1 fully saturated rings. The van der Waals surface area contributed by atoms with E-state index < -0.39 is 17.7 Å². The van der Waals surface area contributed by atoms with Gasteiger partial charge in [-0.2, -0.15) is 0 Å². The quantitative estimate of drug-likeness (QED) is 0.764. The Morgan fingerprint density at radius 1 is 1.17 bits per heavy atom. The molecule has 0 spiro atoms. The molecule has 0 aliphatic carbocycles. The monoisotopic (exact) mass is 412 g/mol. The second-order valence-corrected chi connectivity index (χ2v) is 8.86. The molecular formula is C21H24N4O3S. The van der Waals surface area contributed by atoms with Gasteiger partial charge in [0.1, 0.15) is 6.54 Å². The fourth-order valence-electron chi connectivity index (χ4n) is 3.74. The second kappa shape index (κ2) is 8.04. The number of rotatable bonds is 5. The van der Waals surface area contributed by atoms with E-state index in [9.17, 15) is 14.4 Å². The molecule has 3 amide bonds.